The normalized spacial score (nSPS) is 13.2. The van der Waals surface area contributed by atoms with Crippen molar-refractivity contribution in [1.29, 1.82) is 0 Å². The minimum Gasteiger partial charge on any atom is -0.486 e. The van der Waals surface area contributed by atoms with E-state index in [9.17, 15) is 0 Å². The van der Waals surface area contributed by atoms with Crippen molar-refractivity contribution >= 4 is 0 Å². The molecule has 4 heteroatoms. The first-order valence-corrected chi connectivity index (χ1v) is 6.82. The van der Waals surface area contributed by atoms with Crippen LogP contribution in [0.2, 0.25) is 0 Å². The maximum Gasteiger partial charge on any atom is 0.161 e. The van der Waals surface area contributed by atoms with E-state index in [2.05, 4.69) is 29.4 Å². The SMILES string of the molecule is Cc1cccnc1CNCc1ccc2c(c1)OCCO2. The molecule has 104 valence electrons. The second-order valence-electron chi connectivity index (χ2n) is 4.85. The van der Waals surface area contributed by atoms with Gasteiger partial charge in [-0.15, -0.1) is 0 Å². The minimum atomic E-state index is 0.622. The summed E-state index contributed by atoms with van der Waals surface area (Å²) in [7, 11) is 0. The lowest BCUT2D eigenvalue weighted by Crippen LogP contribution is -2.17. The average molecular weight is 270 g/mol. The molecule has 0 radical (unpaired) electrons. The van der Waals surface area contributed by atoms with Crippen LogP contribution in [-0.2, 0) is 13.1 Å². The monoisotopic (exact) mass is 270 g/mol. The van der Waals surface area contributed by atoms with E-state index in [-0.39, 0.29) is 0 Å². The van der Waals surface area contributed by atoms with Crippen LogP contribution in [0.15, 0.2) is 36.5 Å². The van der Waals surface area contributed by atoms with E-state index in [1.54, 1.807) is 0 Å². The van der Waals surface area contributed by atoms with E-state index in [1.807, 2.05) is 24.4 Å². The predicted octanol–water partition coefficient (Wildman–Crippen LogP) is 2.45. The number of ether oxygens (including phenoxy) is 2. The Balaban J connectivity index is 1.60. The summed E-state index contributed by atoms with van der Waals surface area (Å²) in [6, 6.07) is 10.1. The smallest absolute Gasteiger partial charge is 0.161 e. The molecule has 0 atom stereocenters. The maximum absolute atomic E-state index is 5.58. The van der Waals surface area contributed by atoms with Gasteiger partial charge in [-0.1, -0.05) is 12.1 Å². The summed E-state index contributed by atoms with van der Waals surface area (Å²) in [6.07, 6.45) is 1.83. The molecule has 0 aliphatic carbocycles. The Morgan fingerprint density at radius 2 is 1.95 bits per heavy atom. The summed E-state index contributed by atoms with van der Waals surface area (Å²) >= 11 is 0. The average Bonchev–Trinajstić information content (AvgIpc) is 2.49. The van der Waals surface area contributed by atoms with E-state index in [0.29, 0.717) is 13.2 Å². The molecule has 0 amide bonds. The zero-order valence-electron chi connectivity index (χ0n) is 11.6. The molecule has 1 aliphatic heterocycles. The van der Waals surface area contributed by atoms with E-state index in [1.165, 1.54) is 11.1 Å². The van der Waals surface area contributed by atoms with Gasteiger partial charge in [0.25, 0.3) is 0 Å². The van der Waals surface area contributed by atoms with Gasteiger partial charge in [0.1, 0.15) is 13.2 Å². The Hall–Kier alpha value is -2.07. The lowest BCUT2D eigenvalue weighted by molar-refractivity contribution is 0.171. The number of fused-ring (bicyclic) bond motifs is 1. The number of benzene rings is 1. The minimum absolute atomic E-state index is 0.622. The van der Waals surface area contributed by atoms with Gasteiger partial charge >= 0.3 is 0 Å². The quantitative estimate of drug-likeness (QED) is 0.926. The Labute approximate surface area is 118 Å². The van der Waals surface area contributed by atoms with Crippen LogP contribution in [0, 0.1) is 6.92 Å². The predicted molar refractivity (Wildman–Crippen MR) is 76.9 cm³/mol. The van der Waals surface area contributed by atoms with Crippen LogP contribution < -0.4 is 14.8 Å². The maximum atomic E-state index is 5.58. The van der Waals surface area contributed by atoms with Crippen molar-refractivity contribution in [2.24, 2.45) is 0 Å². The molecule has 20 heavy (non-hydrogen) atoms. The van der Waals surface area contributed by atoms with Crippen LogP contribution >= 0.6 is 0 Å². The van der Waals surface area contributed by atoms with Crippen molar-refractivity contribution in [3.05, 3.63) is 53.3 Å². The third kappa shape index (κ3) is 2.91. The van der Waals surface area contributed by atoms with Crippen molar-refractivity contribution in [2.75, 3.05) is 13.2 Å². The van der Waals surface area contributed by atoms with E-state index >= 15 is 0 Å². The first kappa shape index (κ1) is 12.9. The van der Waals surface area contributed by atoms with Crippen molar-refractivity contribution in [2.45, 2.75) is 20.0 Å². The number of nitrogens with one attached hydrogen (secondary N) is 1. The molecule has 4 nitrogen and oxygen atoms in total. The third-order valence-corrected chi connectivity index (χ3v) is 3.35. The van der Waals surface area contributed by atoms with Crippen molar-refractivity contribution in [1.82, 2.24) is 10.3 Å². The van der Waals surface area contributed by atoms with E-state index in [0.717, 1.165) is 30.3 Å². The highest BCUT2D eigenvalue weighted by Crippen LogP contribution is 2.30. The number of hydrogen-bond donors (Lipinski definition) is 1. The van der Waals surface area contributed by atoms with Crippen LogP contribution in [0.4, 0.5) is 0 Å². The Bertz CT molecular complexity index is 599. The Morgan fingerprint density at radius 1 is 1.10 bits per heavy atom. The fourth-order valence-electron chi connectivity index (χ4n) is 2.23. The molecule has 0 fully saturated rings. The Morgan fingerprint density at radius 3 is 2.80 bits per heavy atom. The molecule has 0 saturated carbocycles. The molecular weight excluding hydrogens is 252 g/mol. The van der Waals surface area contributed by atoms with Gasteiger partial charge in [-0.25, -0.2) is 0 Å². The zero-order valence-corrected chi connectivity index (χ0v) is 11.6. The van der Waals surface area contributed by atoms with Crippen LogP contribution in [0.1, 0.15) is 16.8 Å². The van der Waals surface area contributed by atoms with E-state index in [4.69, 9.17) is 9.47 Å². The molecule has 1 aromatic carbocycles. The number of rotatable bonds is 4. The van der Waals surface area contributed by atoms with Gasteiger partial charge < -0.3 is 14.8 Å². The summed E-state index contributed by atoms with van der Waals surface area (Å²) in [5.74, 6) is 1.67. The van der Waals surface area contributed by atoms with Crippen LogP contribution in [0.25, 0.3) is 0 Å². The largest absolute Gasteiger partial charge is 0.486 e. The summed E-state index contributed by atoms with van der Waals surface area (Å²) in [4.78, 5) is 4.37. The molecule has 1 N–H and O–H groups in total. The number of pyridine rings is 1. The lowest BCUT2D eigenvalue weighted by atomic mass is 10.2. The van der Waals surface area contributed by atoms with Crippen LogP contribution in [-0.4, -0.2) is 18.2 Å². The van der Waals surface area contributed by atoms with Gasteiger partial charge in [-0.05, 0) is 36.2 Å². The molecule has 1 aliphatic rings. The number of hydrogen-bond acceptors (Lipinski definition) is 4. The topological polar surface area (TPSA) is 43.4 Å². The van der Waals surface area contributed by atoms with Gasteiger partial charge in [0, 0.05) is 19.3 Å². The molecule has 0 bridgehead atoms. The second-order valence-corrected chi connectivity index (χ2v) is 4.85. The molecule has 1 aromatic heterocycles. The van der Waals surface area contributed by atoms with Crippen LogP contribution in [0.3, 0.4) is 0 Å². The van der Waals surface area contributed by atoms with Gasteiger partial charge in [-0.3, -0.25) is 4.98 Å². The Kier molecular flexibility index (Phi) is 3.83. The number of aryl methyl sites for hydroxylation is 1. The van der Waals surface area contributed by atoms with Crippen molar-refractivity contribution in [3.63, 3.8) is 0 Å². The molecular formula is C16H18N2O2. The molecule has 2 heterocycles. The molecule has 3 rings (SSSR count). The third-order valence-electron chi connectivity index (χ3n) is 3.35. The van der Waals surface area contributed by atoms with Crippen molar-refractivity contribution < 1.29 is 9.47 Å². The van der Waals surface area contributed by atoms with Gasteiger partial charge in [0.2, 0.25) is 0 Å². The fourth-order valence-corrected chi connectivity index (χ4v) is 2.23. The van der Waals surface area contributed by atoms with E-state index < -0.39 is 0 Å². The van der Waals surface area contributed by atoms with Gasteiger partial charge in [0.15, 0.2) is 11.5 Å². The summed E-state index contributed by atoms with van der Waals surface area (Å²) in [6.45, 7) is 4.88. The highest BCUT2D eigenvalue weighted by molar-refractivity contribution is 5.43. The number of nitrogens with zero attached hydrogens (tertiary/aromatic N) is 1. The summed E-state index contributed by atoms with van der Waals surface area (Å²) in [5, 5.41) is 3.41. The molecule has 0 spiro atoms. The second kappa shape index (κ2) is 5.92. The standard InChI is InChI=1S/C16H18N2O2/c1-12-3-2-6-18-14(12)11-17-10-13-4-5-15-16(9-13)20-8-7-19-15/h2-6,9,17H,7-8,10-11H2,1H3. The molecule has 0 unspecified atom stereocenters. The highest BCUT2D eigenvalue weighted by atomic mass is 16.6. The lowest BCUT2D eigenvalue weighted by Gasteiger charge is -2.19. The zero-order chi connectivity index (χ0) is 13.8. The van der Waals surface area contributed by atoms with Crippen molar-refractivity contribution in [3.8, 4) is 11.5 Å². The van der Waals surface area contributed by atoms with Gasteiger partial charge in [-0.2, -0.15) is 0 Å². The highest BCUT2D eigenvalue weighted by Gasteiger charge is 2.11. The number of aromatic nitrogens is 1. The first-order valence-electron chi connectivity index (χ1n) is 6.82. The van der Waals surface area contributed by atoms with Gasteiger partial charge in [0.05, 0.1) is 5.69 Å². The van der Waals surface area contributed by atoms with Crippen LogP contribution in [0.5, 0.6) is 11.5 Å². The molecule has 2 aromatic rings. The summed E-state index contributed by atoms with van der Waals surface area (Å²) in [5.41, 5.74) is 3.48. The molecule has 0 saturated heterocycles. The first-order chi connectivity index (χ1) is 9.83. The summed E-state index contributed by atoms with van der Waals surface area (Å²) < 4.78 is 11.1. The fraction of sp³-hybridized carbons (Fsp3) is 0.312.